The van der Waals surface area contributed by atoms with Crippen LogP contribution in [0.15, 0.2) is 53.5 Å². The Hall–Kier alpha value is -2.09. The standard InChI is InChI=1S/C19H25ClN4O2S/c1-21-19(23-11-10-17-8-3-4-9-18(17)20)24-13-15-6-5-7-16(12-15)14-27(25,26)22-2/h3-9,12,22H,10-11,13-14H2,1-2H3,(H2,21,23,24). The minimum atomic E-state index is -3.28. The van der Waals surface area contributed by atoms with Crippen molar-refractivity contribution in [1.29, 1.82) is 0 Å². The molecule has 2 aromatic carbocycles. The first-order valence-corrected chi connectivity index (χ1v) is 10.6. The highest BCUT2D eigenvalue weighted by Gasteiger charge is 2.09. The van der Waals surface area contributed by atoms with Gasteiger partial charge in [-0.05, 0) is 36.2 Å². The van der Waals surface area contributed by atoms with Crippen molar-refractivity contribution >= 4 is 27.6 Å². The van der Waals surface area contributed by atoms with E-state index in [2.05, 4.69) is 20.3 Å². The van der Waals surface area contributed by atoms with Crippen molar-refractivity contribution in [2.45, 2.75) is 18.7 Å². The second kappa shape index (κ2) is 10.3. The number of nitrogens with zero attached hydrogens (tertiary/aromatic N) is 1. The van der Waals surface area contributed by atoms with Crippen LogP contribution in [0.2, 0.25) is 5.02 Å². The number of hydrogen-bond donors (Lipinski definition) is 3. The van der Waals surface area contributed by atoms with Crippen molar-refractivity contribution in [3.63, 3.8) is 0 Å². The highest BCUT2D eigenvalue weighted by molar-refractivity contribution is 7.88. The van der Waals surface area contributed by atoms with Gasteiger partial charge in [0.1, 0.15) is 0 Å². The molecule has 0 spiro atoms. The smallest absolute Gasteiger partial charge is 0.215 e. The molecule has 2 aromatic rings. The van der Waals surface area contributed by atoms with Gasteiger partial charge in [-0.2, -0.15) is 0 Å². The highest BCUT2D eigenvalue weighted by atomic mass is 35.5. The van der Waals surface area contributed by atoms with Crippen LogP contribution in [-0.2, 0) is 28.7 Å². The fourth-order valence-electron chi connectivity index (χ4n) is 2.54. The van der Waals surface area contributed by atoms with Gasteiger partial charge in [0.2, 0.25) is 10.0 Å². The Morgan fingerprint density at radius 2 is 1.81 bits per heavy atom. The lowest BCUT2D eigenvalue weighted by molar-refractivity contribution is 0.587. The van der Waals surface area contributed by atoms with Crippen LogP contribution in [0.4, 0.5) is 0 Å². The molecule has 27 heavy (non-hydrogen) atoms. The lowest BCUT2D eigenvalue weighted by Gasteiger charge is -2.13. The van der Waals surface area contributed by atoms with Gasteiger partial charge in [-0.15, -0.1) is 0 Å². The fraction of sp³-hybridized carbons (Fsp3) is 0.316. The van der Waals surface area contributed by atoms with Crippen LogP contribution in [0.1, 0.15) is 16.7 Å². The maximum absolute atomic E-state index is 11.7. The molecule has 8 heteroatoms. The molecule has 3 N–H and O–H groups in total. The minimum absolute atomic E-state index is 0.0395. The zero-order valence-corrected chi connectivity index (χ0v) is 17.1. The first-order valence-electron chi connectivity index (χ1n) is 8.60. The van der Waals surface area contributed by atoms with E-state index in [1.54, 1.807) is 13.1 Å². The third-order valence-corrected chi connectivity index (χ3v) is 5.69. The molecule has 0 atom stereocenters. The van der Waals surface area contributed by atoms with Crippen LogP contribution in [-0.4, -0.2) is 35.0 Å². The summed E-state index contributed by atoms with van der Waals surface area (Å²) in [5, 5.41) is 7.24. The average Bonchev–Trinajstić information content (AvgIpc) is 2.66. The third kappa shape index (κ3) is 7.21. The van der Waals surface area contributed by atoms with E-state index in [9.17, 15) is 8.42 Å². The van der Waals surface area contributed by atoms with Crippen molar-refractivity contribution in [1.82, 2.24) is 15.4 Å². The number of sulfonamides is 1. The molecule has 0 unspecified atom stereocenters. The second-order valence-electron chi connectivity index (χ2n) is 5.98. The Morgan fingerprint density at radius 3 is 2.52 bits per heavy atom. The van der Waals surface area contributed by atoms with Crippen molar-refractivity contribution in [2.24, 2.45) is 4.99 Å². The summed E-state index contributed by atoms with van der Waals surface area (Å²) in [4.78, 5) is 4.21. The molecule has 0 aliphatic heterocycles. The van der Waals surface area contributed by atoms with Crippen LogP contribution in [0.5, 0.6) is 0 Å². The third-order valence-electron chi connectivity index (χ3n) is 3.99. The number of guanidine groups is 1. The number of rotatable bonds is 8. The number of aliphatic imine (C=N–C) groups is 1. The Balaban J connectivity index is 1.86. The average molecular weight is 409 g/mol. The van der Waals surface area contributed by atoms with E-state index in [0.717, 1.165) is 28.1 Å². The Morgan fingerprint density at radius 1 is 1.07 bits per heavy atom. The molecule has 0 radical (unpaired) electrons. The first kappa shape index (κ1) is 21.2. The van der Waals surface area contributed by atoms with Crippen LogP contribution in [0, 0.1) is 0 Å². The molecule has 0 bridgehead atoms. The van der Waals surface area contributed by atoms with Gasteiger partial charge in [0.05, 0.1) is 5.75 Å². The largest absolute Gasteiger partial charge is 0.356 e. The number of benzene rings is 2. The summed E-state index contributed by atoms with van der Waals surface area (Å²) in [6.07, 6.45) is 0.789. The quantitative estimate of drug-likeness (QED) is 0.462. The number of nitrogens with one attached hydrogen (secondary N) is 3. The van der Waals surface area contributed by atoms with Crippen LogP contribution >= 0.6 is 11.6 Å². The van der Waals surface area contributed by atoms with Crippen LogP contribution in [0.3, 0.4) is 0 Å². The van der Waals surface area contributed by atoms with Gasteiger partial charge in [0.15, 0.2) is 5.96 Å². The summed E-state index contributed by atoms with van der Waals surface area (Å²) in [5.74, 6) is 0.637. The molecule has 0 heterocycles. The lowest BCUT2D eigenvalue weighted by Crippen LogP contribution is -2.37. The zero-order chi connectivity index (χ0) is 19.7. The Labute approximate surface area is 166 Å². The van der Waals surface area contributed by atoms with E-state index in [4.69, 9.17) is 11.6 Å². The number of halogens is 1. The van der Waals surface area contributed by atoms with Crippen molar-refractivity contribution in [3.8, 4) is 0 Å². The van der Waals surface area contributed by atoms with Gasteiger partial charge < -0.3 is 10.6 Å². The lowest BCUT2D eigenvalue weighted by atomic mass is 10.1. The van der Waals surface area contributed by atoms with Gasteiger partial charge in [0.25, 0.3) is 0 Å². The summed E-state index contributed by atoms with van der Waals surface area (Å²) >= 11 is 6.16. The van der Waals surface area contributed by atoms with Crippen LogP contribution in [0.25, 0.3) is 0 Å². The van der Waals surface area contributed by atoms with Gasteiger partial charge in [-0.3, -0.25) is 4.99 Å². The van der Waals surface area contributed by atoms with E-state index < -0.39 is 10.0 Å². The Kier molecular flexibility index (Phi) is 8.09. The van der Waals surface area contributed by atoms with Crippen molar-refractivity contribution < 1.29 is 8.42 Å². The minimum Gasteiger partial charge on any atom is -0.356 e. The molecular formula is C19H25ClN4O2S. The SMILES string of the molecule is CN=C(NCCc1ccccc1Cl)NCc1cccc(CS(=O)(=O)NC)c1. The highest BCUT2D eigenvalue weighted by Crippen LogP contribution is 2.14. The van der Waals surface area contributed by atoms with E-state index >= 15 is 0 Å². The molecule has 0 saturated carbocycles. The Bertz CT molecular complexity index is 885. The predicted molar refractivity (Wildman–Crippen MR) is 111 cm³/mol. The molecule has 0 fully saturated rings. The molecular weight excluding hydrogens is 384 g/mol. The van der Waals surface area contributed by atoms with E-state index in [0.29, 0.717) is 19.0 Å². The van der Waals surface area contributed by atoms with Gasteiger partial charge in [-0.25, -0.2) is 13.1 Å². The molecule has 0 saturated heterocycles. The van der Waals surface area contributed by atoms with Crippen molar-refractivity contribution in [2.75, 3.05) is 20.6 Å². The van der Waals surface area contributed by atoms with E-state index in [-0.39, 0.29) is 5.75 Å². The fourth-order valence-corrected chi connectivity index (χ4v) is 3.54. The molecule has 2 rings (SSSR count). The summed E-state index contributed by atoms with van der Waals surface area (Å²) in [7, 11) is -0.160. The second-order valence-corrected chi connectivity index (χ2v) is 8.31. The normalized spacial score (nSPS) is 12.0. The molecule has 146 valence electrons. The maximum atomic E-state index is 11.7. The first-order chi connectivity index (χ1) is 12.9. The molecule has 0 aliphatic carbocycles. The molecule has 0 aromatic heterocycles. The summed E-state index contributed by atoms with van der Waals surface area (Å²) in [6.45, 7) is 1.24. The van der Waals surface area contributed by atoms with Gasteiger partial charge in [-0.1, -0.05) is 54.1 Å². The van der Waals surface area contributed by atoms with Crippen molar-refractivity contribution in [3.05, 3.63) is 70.2 Å². The monoisotopic (exact) mass is 408 g/mol. The summed E-state index contributed by atoms with van der Waals surface area (Å²) in [5.41, 5.74) is 2.80. The predicted octanol–water partition coefficient (Wildman–Crippen LogP) is 2.30. The van der Waals surface area contributed by atoms with Gasteiger partial charge in [0, 0.05) is 25.2 Å². The number of hydrogen-bond acceptors (Lipinski definition) is 3. The van der Waals surface area contributed by atoms with Crippen LogP contribution < -0.4 is 15.4 Å². The molecule has 0 amide bonds. The topological polar surface area (TPSA) is 82.6 Å². The maximum Gasteiger partial charge on any atom is 0.215 e. The summed E-state index contributed by atoms with van der Waals surface area (Å²) in [6, 6.07) is 15.2. The van der Waals surface area contributed by atoms with E-state index in [1.165, 1.54) is 7.05 Å². The molecule has 0 aliphatic rings. The summed E-state index contributed by atoms with van der Waals surface area (Å²) < 4.78 is 25.7. The van der Waals surface area contributed by atoms with E-state index in [1.807, 2.05) is 42.5 Å². The zero-order valence-electron chi connectivity index (χ0n) is 15.5. The molecule has 6 nitrogen and oxygen atoms in total. The van der Waals surface area contributed by atoms with Gasteiger partial charge >= 0.3 is 0 Å².